The van der Waals surface area contributed by atoms with Crippen LogP contribution in [-0.4, -0.2) is 16.1 Å². The molecule has 0 radical (unpaired) electrons. The van der Waals surface area contributed by atoms with Crippen LogP contribution in [0.5, 0.6) is 0 Å². The molecule has 19 heavy (non-hydrogen) atoms. The number of anilines is 2. The van der Waals surface area contributed by atoms with Gasteiger partial charge in [-0.05, 0) is 6.07 Å². The van der Waals surface area contributed by atoms with E-state index in [0.29, 0.717) is 16.5 Å². The highest BCUT2D eigenvalue weighted by atomic mass is 35.5. The van der Waals surface area contributed by atoms with Crippen LogP contribution in [0.25, 0.3) is 0 Å². The molecule has 0 fully saturated rings. The normalized spacial score (nSPS) is 10.8. The molecule has 0 aliphatic rings. The summed E-state index contributed by atoms with van der Waals surface area (Å²) in [5, 5.41) is 16.9. The zero-order valence-corrected chi connectivity index (χ0v) is 11.0. The monoisotopic (exact) mass is 297 g/mol. The Hall–Kier alpha value is -2.19. The maximum atomic E-state index is 10.7. The minimum atomic E-state index is -0.547. The Bertz CT molecular complexity index is 643. The number of halogens is 1. The number of aromatic nitrogens is 1. The van der Waals surface area contributed by atoms with Crippen molar-refractivity contribution in [1.82, 2.24) is 4.98 Å². The average Bonchev–Trinajstić information content (AvgIpc) is 2.77. The molecular formula is C10H8ClN5O2S. The quantitative estimate of drug-likeness (QED) is 0.512. The highest BCUT2D eigenvalue weighted by molar-refractivity contribution is 7.14. The zero-order chi connectivity index (χ0) is 13.8. The van der Waals surface area contributed by atoms with Gasteiger partial charge < -0.3 is 5.73 Å². The largest absolute Gasteiger partial charge is 0.383 e. The van der Waals surface area contributed by atoms with Crippen LogP contribution in [0.4, 0.5) is 16.6 Å². The predicted octanol–water partition coefficient (Wildman–Crippen LogP) is 2.73. The number of nitrogens with zero attached hydrogens (tertiary/aromatic N) is 3. The summed E-state index contributed by atoms with van der Waals surface area (Å²) in [7, 11) is 0. The van der Waals surface area contributed by atoms with Gasteiger partial charge in [0.1, 0.15) is 10.8 Å². The van der Waals surface area contributed by atoms with Crippen LogP contribution < -0.4 is 11.2 Å². The third-order valence-electron chi connectivity index (χ3n) is 2.06. The van der Waals surface area contributed by atoms with Crippen LogP contribution in [0, 0.1) is 10.1 Å². The van der Waals surface area contributed by atoms with Crippen molar-refractivity contribution in [3.05, 3.63) is 44.3 Å². The number of rotatable bonds is 4. The molecule has 2 rings (SSSR count). The molecule has 1 aromatic carbocycles. The second kappa shape index (κ2) is 5.63. The van der Waals surface area contributed by atoms with E-state index in [9.17, 15) is 10.1 Å². The predicted molar refractivity (Wildman–Crippen MR) is 75.8 cm³/mol. The van der Waals surface area contributed by atoms with E-state index in [1.54, 1.807) is 11.4 Å². The standard InChI is InChI=1S/C10H8ClN5O2S/c11-7-2-1-6(3-8(7)16(17)18)4-13-15-10-14-9(12)5-19-10/h1-5H,12H2,(H,14,15). The lowest BCUT2D eigenvalue weighted by Gasteiger charge is -1.97. The van der Waals surface area contributed by atoms with Crippen LogP contribution in [-0.2, 0) is 0 Å². The molecule has 0 saturated carbocycles. The van der Waals surface area contributed by atoms with Crippen molar-refractivity contribution in [2.75, 3.05) is 11.2 Å². The number of thiazole rings is 1. The molecule has 1 heterocycles. The number of hydrogen-bond donors (Lipinski definition) is 2. The van der Waals surface area contributed by atoms with E-state index in [4.69, 9.17) is 17.3 Å². The van der Waals surface area contributed by atoms with Crippen molar-refractivity contribution in [3.63, 3.8) is 0 Å². The summed E-state index contributed by atoms with van der Waals surface area (Å²) in [5.41, 5.74) is 8.51. The third kappa shape index (κ3) is 3.39. The van der Waals surface area contributed by atoms with E-state index in [0.717, 1.165) is 0 Å². The van der Waals surface area contributed by atoms with Crippen LogP contribution in [0.2, 0.25) is 5.02 Å². The van der Waals surface area contributed by atoms with Gasteiger partial charge in [0.15, 0.2) is 0 Å². The fourth-order valence-electron chi connectivity index (χ4n) is 1.25. The molecule has 9 heteroatoms. The third-order valence-corrected chi connectivity index (χ3v) is 3.15. The van der Waals surface area contributed by atoms with Gasteiger partial charge in [0.05, 0.1) is 11.1 Å². The van der Waals surface area contributed by atoms with E-state index in [1.165, 1.54) is 29.7 Å². The Morgan fingerprint density at radius 2 is 2.37 bits per heavy atom. The lowest BCUT2D eigenvalue weighted by atomic mass is 10.2. The van der Waals surface area contributed by atoms with E-state index in [-0.39, 0.29) is 10.7 Å². The molecule has 7 nitrogen and oxygen atoms in total. The fraction of sp³-hybridized carbons (Fsp3) is 0. The van der Waals surface area contributed by atoms with Crippen molar-refractivity contribution in [2.45, 2.75) is 0 Å². The molecule has 0 aliphatic heterocycles. The number of benzene rings is 1. The molecule has 3 N–H and O–H groups in total. The topological polar surface area (TPSA) is 106 Å². The van der Waals surface area contributed by atoms with E-state index in [2.05, 4.69) is 15.5 Å². The number of hydrazone groups is 1. The number of hydrogen-bond acceptors (Lipinski definition) is 7. The van der Waals surface area contributed by atoms with Crippen molar-refractivity contribution >= 4 is 45.8 Å². The van der Waals surface area contributed by atoms with Crippen molar-refractivity contribution in [2.24, 2.45) is 5.10 Å². The summed E-state index contributed by atoms with van der Waals surface area (Å²) in [6.07, 6.45) is 1.43. The Morgan fingerprint density at radius 1 is 1.58 bits per heavy atom. The van der Waals surface area contributed by atoms with Gasteiger partial charge in [-0.15, -0.1) is 11.3 Å². The fourth-order valence-corrected chi connectivity index (χ4v) is 1.98. The summed E-state index contributed by atoms with van der Waals surface area (Å²) in [6.45, 7) is 0. The van der Waals surface area contributed by atoms with Crippen molar-refractivity contribution in [1.29, 1.82) is 0 Å². The lowest BCUT2D eigenvalue weighted by Crippen LogP contribution is -1.93. The molecular weight excluding hydrogens is 290 g/mol. The summed E-state index contributed by atoms with van der Waals surface area (Å²) >= 11 is 7.00. The molecule has 0 bridgehead atoms. The van der Waals surface area contributed by atoms with Gasteiger partial charge in [-0.25, -0.2) is 4.98 Å². The SMILES string of the molecule is Nc1csc(NN=Cc2ccc(Cl)c([N+](=O)[O-])c2)n1. The molecule has 1 aromatic heterocycles. The molecule has 0 unspecified atom stereocenters. The van der Waals surface area contributed by atoms with E-state index >= 15 is 0 Å². The van der Waals surface area contributed by atoms with Gasteiger partial charge in [-0.1, -0.05) is 17.7 Å². The minimum Gasteiger partial charge on any atom is -0.383 e. The Kier molecular flexibility index (Phi) is 3.93. The van der Waals surface area contributed by atoms with Crippen molar-refractivity contribution < 1.29 is 4.92 Å². The summed E-state index contributed by atoms with van der Waals surface area (Å²) in [5.74, 6) is 0.407. The Morgan fingerprint density at radius 3 is 3.00 bits per heavy atom. The van der Waals surface area contributed by atoms with Gasteiger partial charge in [-0.3, -0.25) is 15.5 Å². The van der Waals surface area contributed by atoms with Gasteiger partial charge in [0, 0.05) is 17.0 Å². The van der Waals surface area contributed by atoms with E-state index in [1.807, 2.05) is 0 Å². The highest BCUT2D eigenvalue weighted by Crippen LogP contribution is 2.24. The summed E-state index contributed by atoms with van der Waals surface area (Å²) < 4.78 is 0. The molecule has 0 amide bonds. The van der Waals surface area contributed by atoms with Crippen LogP contribution in [0.1, 0.15) is 5.56 Å². The maximum Gasteiger partial charge on any atom is 0.288 e. The first-order valence-electron chi connectivity index (χ1n) is 5.00. The van der Waals surface area contributed by atoms with Gasteiger partial charge in [-0.2, -0.15) is 5.10 Å². The van der Waals surface area contributed by atoms with Crippen molar-refractivity contribution in [3.8, 4) is 0 Å². The lowest BCUT2D eigenvalue weighted by molar-refractivity contribution is -0.384. The number of nitro groups is 1. The molecule has 0 saturated heterocycles. The highest BCUT2D eigenvalue weighted by Gasteiger charge is 2.11. The molecule has 0 aliphatic carbocycles. The first-order chi connectivity index (χ1) is 9.06. The average molecular weight is 298 g/mol. The minimum absolute atomic E-state index is 0.0859. The summed E-state index contributed by atoms with van der Waals surface area (Å²) in [6, 6.07) is 4.41. The molecule has 0 atom stereocenters. The van der Waals surface area contributed by atoms with Gasteiger partial charge >= 0.3 is 0 Å². The molecule has 2 aromatic rings. The first-order valence-corrected chi connectivity index (χ1v) is 6.26. The van der Waals surface area contributed by atoms with Crippen LogP contribution in [0.15, 0.2) is 28.7 Å². The molecule has 0 spiro atoms. The smallest absolute Gasteiger partial charge is 0.288 e. The Labute approximate surface area is 116 Å². The molecule has 98 valence electrons. The number of nitrogens with two attached hydrogens (primary N) is 1. The zero-order valence-electron chi connectivity index (χ0n) is 9.41. The van der Waals surface area contributed by atoms with Gasteiger partial charge in [0.2, 0.25) is 5.13 Å². The van der Waals surface area contributed by atoms with E-state index < -0.39 is 4.92 Å². The first kappa shape index (κ1) is 13.2. The Balaban J connectivity index is 2.10. The second-order valence-electron chi connectivity index (χ2n) is 3.42. The second-order valence-corrected chi connectivity index (χ2v) is 4.68. The number of nitrogen functional groups attached to an aromatic ring is 1. The number of nitro benzene ring substituents is 1. The summed E-state index contributed by atoms with van der Waals surface area (Å²) in [4.78, 5) is 14.1. The number of nitrogens with one attached hydrogen (secondary N) is 1. The van der Waals surface area contributed by atoms with Crippen LogP contribution >= 0.6 is 22.9 Å². The van der Waals surface area contributed by atoms with Crippen LogP contribution in [0.3, 0.4) is 0 Å². The van der Waals surface area contributed by atoms with Gasteiger partial charge in [0.25, 0.3) is 5.69 Å². The maximum absolute atomic E-state index is 10.7.